The van der Waals surface area contributed by atoms with E-state index in [-0.39, 0.29) is 24.8 Å². The molecule has 0 saturated heterocycles. The summed E-state index contributed by atoms with van der Waals surface area (Å²) in [6, 6.07) is 0. The molecule has 0 aromatic heterocycles. The van der Waals surface area contributed by atoms with E-state index in [9.17, 15) is 14.7 Å². The average molecular weight is 722 g/mol. The third-order valence-corrected chi connectivity index (χ3v) is 8.60. The topological polar surface area (TPSA) is 94.5 Å². The lowest BCUT2D eigenvalue weighted by molar-refractivity contribution is -0.159. The van der Waals surface area contributed by atoms with Gasteiger partial charge in [0.25, 0.3) is 0 Å². The Morgan fingerprint density at radius 3 is 1.65 bits per heavy atom. The van der Waals surface area contributed by atoms with E-state index in [2.05, 4.69) is 62.1 Å². The monoisotopic (exact) mass is 722 g/mol. The molecular formula is C43H79NO7. The molecule has 51 heavy (non-hydrogen) atoms. The molecule has 0 amide bonds. The van der Waals surface area contributed by atoms with Crippen LogP contribution in [-0.2, 0) is 28.5 Å². The van der Waals surface area contributed by atoms with Crippen molar-refractivity contribution in [3.63, 3.8) is 0 Å². The van der Waals surface area contributed by atoms with Crippen molar-refractivity contribution < 1.29 is 33.6 Å². The van der Waals surface area contributed by atoms with Crippen molar-refractivity contribution in [2.45, 2.75) is 175 Å². The summed E-state index contributed by atoms with van der Waals surface area (Å²) < 4.78 is 22.9. The van der Waals surface area contributed by atoms with E-state index in [0.29, 0.717) is 52.2 Å². The Bertz CT molecular complexity index is 820. The van der Waals surface area contributed by atoms with Gasteiger partial charge in [0.15, 0.2) is 6.29 Å². The van der Waals surface area contributed by atoms with Gasteiger partial charge in [-0.2, -0.15) is 0 Å². The van der Waals surface area contributed by atoms with Gasteiger partial charge in [-0.1, -0.05) is 95.8 Å². The van der Waals surface area contributed by atoms with E-state index in [1.807, 2.05) is 0 Å². The zero-order valence-corrected chi connectivity index (χ0v) is 33.3. The molecular weight excluding hydrogens is 642 g/mol. The molecule has 1 N–H and O–H groups in total. The van der Waals surface area contributed by atoms with Gasteiger partial charge in [0, 0.05) is 32.6 Å². The van der Waals surface area contributed by atoms with Gasteiger partial charge in [0.1, 0.15) is 0 Å². The van der Waals surface area contributed by atoms with Gasteiger partial charge in [-0.05, 0) is 103 Å². The van der Waals surface area contributed by atoms with Crippen LogP contribution in [0.4, 0.5) is 0 Å². The predicted octanol–water partition coefficient (Wildman–Crippen LogP) is 10.4. The third-order valence-electron chi connectivity index (χ3n) is 8.60. The van der Waals surface area contributed by atoms with Crippen LogP contribution >= 0.6 is 0 Å². The molecule has 0 aliphatic heterocycles. The van der Waals surface area contributed by atoms with Crippen LogP contribution in [-0.4, -0.2) is 80.9 Å². The van der Waals surface area contributed by atoms with Crippen LogP contribution in [0.2, 0.25) is 0 Å². The molecule has 298 valence electrons. The maximum atomic E-state index is 12.4. The van der Waals surface area contributed by atoms with Crippen molar-refractivity contribution in [1.29, 1.82) is 0 Å². The second-order valence-electron chi connectivity index (χ2n) is 13.4. The quantitative estimate of drug-likeness (QED) is 0.0290. The molecule has 0 aliphatic rings. The number of carbonyl (C=O) groups is 2. The molecule has 0 aliphatic carbocycles. The van der Waals surface area contributed by atoms with Crippen molar-refractivity contribution >= 4 is 11.9 Å². The first-order valence-electron chi connectivity index (χ1n) is 20.9. The van der Waals surface area contributed by atoms with Gasteiger partial charge in [0.2, 0.25) is 0 Å². The molecule has 0 radical (unpaired) electrons. The van der Waals surface area contributed by atoms with E-state index >= 15 is 0 Å². The van der Waals surface area contributed by atoms with Gasteiger partial charge in [-0.3, -0.25) is 9.59 Å². The summed E-state index contributed by atoms with van der Waals surface area (Å²) in [6.07, 6.45) is 34.9. The molecule has 0 fully saturated rings. The van der Waals surface area contributed by atoms with Gasteiger partial charge < -0.3 is 29.0 Å². The van der Waals surface area contributed by atoms with E-state index in [1.165, 1.54) is 0 Å². The summed E-state index contributed by atoms with van der Waals surface area (Å²) in [5.74, 6) is -0.262. The van der Waals surface area contributed by atoms with Crippen LogP contribution in [0.25, 0.3) is 0 Å². The van der Waals surface area contributed by atoms with Crippen molar-refractivity contribution in [1.82, 2.24) is 4.90 Å². The number of aliphatic hydroxyl groups is 1. The molecule has 0 bridgehead atoms. The number of esters is 2. The maximum Gasteiger partial charge on any atom is 0.305 e. The molecule has 8 heteroatoms. The highest BCUT2D eigenvalue weighted by atomic mass is 16.7. The molecule has 8 nitrogen and oxygen atoms in total. The predicted molar refractivity (Wildman–Crippen MR) is 212 cm³/mol. The highest BCUT2D eigenvalue weighted by Gasteiger charge is 2.13. The molecule has 0 heterocycles. The molecule has 0 aromatic rings. The molecule has 0 saturated carbocycles. The number of aliphatic hydroxyl groups excluding tert-OH is 1. The molecule has 0 spiro atoms. The fourth-order valence-corrected chi connectivity index (χ4v) is 5.55. The molecule has 0 atom stereocenters. The van der Waals surface area contributed by atoms with Crippen molar-refractivity contribution in [2.24, 2.45) is 0 Å². The summed E-state index contributed by atoms with van der Waals surface area (Å²) in [5.41, 5.74) is 0. The largest absolute Gasteiger partial charge is 0.466 e. The van der Waals surface area contributed by atoms with Crippen LogP contribution in [0.15, 0.2) is 36.5 Å². The second-order valence-corrected chi connectivity index (χ2v) is 13.4. The summed E-state index contributed by atoms with van der Waals surface area (Å²) in [5, 5.41) is 9.50. The molecule has 0 unspecified atom stereocenters. The Kier molecular flexibility index (Phi) is 39.2. The third kappa shape index (κ3) is 37.6. The highest BCUT2D eigenvalue weighted by molar-refractivity contribution is 5.69. The number of nitrogens with zero attached hydrogens (tertiary/aromatic N) is 1. The lowest BCUT2D eigenvalue weighted by Crippen LogP contribution is -2.29. The van der Waals surface area contributed by atoms with Crippen molar-refractivity contribution in [3.8, 4) is 0 Å². The number of rotatable bonds is 39. The van der Waals surface area contributed by atoms with Crippen LogP contribution in [0, 0.1) is 0 Å². The Balaban J connectivity index is 4.03. The van der Waals surface area contributed by atoms with E-state index in [1.54, 1.807) is 0 Å². The molecule has 0 aromatic carbocycles. The minimum atomic E-state index is -0.361. The van der Waals surface area contributed by atoms with E-state index < -0.39 is 0 Å². The van der Waals surface area contributed by atoms with Gasteiger partial charge in [0.05, 0.1) is 26.2 Å². The van der Waals surface area contributed by atoms with Crippen LogP contribution < -0.4 is 0 Å². The summed E-state index contributed by atoms with van der Waals surface area (Å²) in [4.78, 5) is 26.6. The summed E-state index contributed by atoms with van der Waals surface area (Å²) in [7, 11) is 0. The number of carbonyl (C=O) groups excluding carboxylic acids is 2. The van der Waals surface area contributed by atoms with Crippen LogP contribution in [0.1, 0.15) is 168 Å². The first-order chi connectivity index (χ1) is 25.1. The standard InChI is InChI=1S/C43H79NO7/c1-4-7-10-13-20-28-39-50-43(51-40-29-21-14-11-8-5-2)32-31-42(47)49-38-27-22-18-25-34-44(35-36-45)33-24-17-15-16-23-30-41(46)48-37-26-19-12-9-6-3/h7-8,10-12,19,43,45H,4-6,9,13-18,20-40H2,1-3H3/b10-7-,11-8-,19-12-. The van der Waals surface area contributed by atoms with Gasteiger partial charge in [-0.25, -0.2) is 0 Å². The zero-order chi connectivity index (χ0) is 37.3. The minimum absolute atomic E-state index is 0.0832. The number of hydrogen-bond donors (Lipinski definition) is 1. The highest BCUT2D eigenvalue weighted by Crippen LogP contribution is 2.12. The number of hydrogen-bond acceptors (Lipinski definition) is 8. The van der Waals surface area contributed by atoms with Crippen molar-refractivity contribution in [3.05, 3.63) is 36.5 Å². The van der Waals surface area contributed by atoms with Gasteiger partial charge in [-0.15, -0.1) is 0 Å². The van der Waals surface area contributed by atoms with Crippen LogP contribution in [0.3, 0.4) is 0 Å². The van der Waals surface area contributed by atoms with Crippen LogP contribution in [0.5, 0.6) is 0 Å². The Labute approximate surface area is 313 Å². The Morgan fingerprint density at radius 2 is 1.04 bits per heavy atom. The fraction of sp³-hybridized carbons (Fsp3) is 0.814. The minimum Gasteiger partial charge on any atom is -0.466 e. The lowest BCUT2D eigenvalue weighted by atomic mass is 10.1. The molecule has 0 rings (SSSR count). The first kappa shape index (κ1) is 49.0. The van der Waals surface area contributed by atoms with E-state index in [4.69, 9.17) is 18.9 Å². The summed E-state index contributed by atoms with van der Waals surface area (Å²) in [6.45, 7) is 11.5. The fourth-order valence-electron chi connectivity index (χ4n) is 5.55. The van der Waals surface area contributed by atoms with Crippen molar-refractivity contribution in [2.75, 3.05) is 52.7 Å². The number of ether oxygens (including phenoxy) is 4. The Morgan fingerprint density at radius 1 is 0.529 bits per heavy atom. The summed E-state index contributed by atoms with van der Waals surface area (Å²) >= 11 is 0. The van der Waals surface area contributed by atoms with Gasteiger partial charge >= 0.3 is 11.9 Å². The van der Waals surface area contributed by atoms with E-state index in [0.717, 1.165) is 142 Å². The normalized spacial score (nSPS) is 12.0. The second kappa shape index (κ2) is 40.8. The maximum absolute atomic E-state index is 12.4. The SMILES string of the molecule is CC/C=C\CCCCOC(CCC(=O)OCCCCCCN(CCO)CCCCCCCC(=O)OCC/C=C\CCC)OCCCC/C=C\CC. The average Bonchev–Trinajstić information content (AvgIpc) is 3.13. The zero-order valence-electron chi connectivity index (χ0n) is 33.3. The smallest absolute Gasteiger partial charge is 0.305 e. The number of unbranched alkanes of at least 4 members (excludes halogenated alkanes) is 12. The Hall–Kier alpha value is -2.00. The first-order valence-corrected chi connectivity index (χ1v) is 20.9. The lowest BCUT2D eigenvalue weighted by Gasteiger charge is -2.21. The number of allylic oxidation sites excluding steroid dienone is 5.